The maximum Gasteiger partial charge on any atom is 0.203 e. The van der Waals surface area contributed by atoms with Crippen LogP contribution in [0, 0.1) is 0 Å². The second kappa shape index (κ2) is 6.62. The van der Waals surface area contributed by atoms with Crippen molar-refractivity contribution >= 4 is 16.3 Å². The molecule has 0 radical (unpaired) electrons. The number of aromatic nitrogens is 1. The summed E-state index contributed by atoms with van der Waals surface area (Å²) in [5, 5.41) is 2.18. The summed E-state index contributed by atoms with van der Waals surface area (Å²) in [5.41, 5.74) is 2.84. The van der Waals surface area contributed by atoms with Crippen LogP contribution in [0.5, 0.6) is 17.2 Å². The number of pyridine rings is 1. The van der Waals surface area contributed by atoms with Crippen LogP contribution in [0.15, 0.2) is 55.4 Å². The molecule has 3 rings (SSSR count). The van der Waals surface area contributed by atoms with Gasteiger partial charge in [-0.05, 0) is 40.3 Å². The van der Waals surface area contributed by atoms with Gasteiger partial charge in [-0.1, -0.05) is 24.8 Å². The van der Waals surface area contributed by atoms with Crippen molar-refractivity contribution in [2.45, 2.75) is 0 Å². The van der Waals surface area contributed by atoms with Crippen LogP contribution in [0.4, 0.5) is 0 Å². The fourth-order valence-electron chi connectivity index (χ4n) is 2.80. The van der Waals surface area contributed by atoms with Gasteiger partial charge in [-0.3, -0.25) is 4.98 Å². The van der Waals surface area contributed by atoms with E-state index in [-0.39, 0.29) is 0 Å². The first-order valence-corrected chi connectivity index (χ1v) is 7.52. The van der Waals surface area contributed by atoms with Crippen LogP contribution in [-0.2, 0) is 0 Å². The molecular formula is C20H19NO3. The molecule has 1 aromatic heterocycles. The second-order valence-electron chi connectivity index (χ2n) is 5.29. The van der Waals surface area contributed by atoms with Gasteiger partial charge in [-0.2, -0.15) is 0 Å². The van der Waals surface area contributed by atoms with E-state index in [1.165, 1.54) is 0 Å². The molecule has 0 saturated carbocycles. The van der Waals surface area contributed by atoms with Gasteiger partial charge in [0.2, 0.25) is 5.75 Å². The van der Waals surface area contributed by atoms with Gasteiger partial charge in [0.1, 0.15) is 0 Å². The smallest absolute Gasteiger partial charge is 0.203 e. The standard InChI is InChI=1S/C20H19NO3/c1-13(16-7-5-6-14-12-21-9-8-17(14)16)15-10-18(22-2)20(24-4)19(11-15)23-3/h5-12H,1H2,2-4H3. The molecule has 0 spiro atoms. The lowest BCUT2D eigenvalue weighted by Crippen LogP contribution is -1.97. The van der Waals surface area contributed by atoms with Crippen molar-refractivity contribution in [3.05, 3.63) is 66.5 Å². The summed E-state index contributed by atoms with van der Waals surface area (Å²) in [5.74, 6) is 1.78. The van der Waals surface area contributed by atoms with Crippen LogP contribution in [0.2, 0.25) is 0 Å². The van der Waals surface area contributed by atoms with Crippen LogP contribution in [-0.4, -0.2) is 26.3 Å². The van der Waals surface area contributed by atoms with E-state index in [1.54, 1.807) is 27.5 Å². The Bertz CT molecular complexity index is 872. The summed E-state index contributed by atoms with van der Waals surface area (Å²) in [6, 6.07) is 11.9. The molecule has 0 saturated heterocycles. The Morgan fingerprint density at radius 2 is 1.67 bits per heavy atom. The fraction of sp³-hybridized carbons (Fsp3) is 0.150. The van der Waals surface area contributed by atoms with Crippen molar-refractivity contribution in [2.75, 3.05) is 21.3 Å². The SMILES string of the molecule is C=C(c1cc(OC)c(OC)c(OC)c1)c1cccc2cnccc12. The summed E-state index contributed by atoms with van der Waals surface area (Å²) in [4.78, 5) is 4.18. The summed E-state index contributed by atoms with van der Waals surface area (Å²) in [7, 11) is 4.80. The zero-order valence-corrected chi connectivity index (χ0v) is 14.0. The van der Waals surface area contributed by atoms with E-state index in [0.717, 1.165) is 27.5 Å². The van der Waals surface area contributed by atoms with E-state index < -0.39 is 0 Å². The topological polar surface area (TPSA) is 40.6 Å². The number of methoxy groups -OCH3 is 3. The average Bonchev–Trinajstić information content (AvgIpc) is 2.65. The van der Waals surface area contributed by atoms with Crippen LogP contribution < -0.4 is 14.2 Å². The Morgan fingerprint density at radius 3 is 2.29 bits per heavy atom. The molecular weight excluding hydrogens is 302 g/mol. The quantitative estimate of drug-likeness (QED) is 0.701. The van der Waals surface area contributed by atoms with Crippen LogP contribution in [0.25, 0.3) is 16.3 Å². The molecule has 0 fully saturated rings. The number of nitrogens with zero attached hydrogens (tertiary/aromatic N) is 1. The van der Waals surface area contributed by atoms with Crippen molar-refractivity contribution in [3.63, 3.8) is 0 Å². The zero-order valence-electron chi connectivity index (χ0n) is 14.0. The molecule has 0 aliphatic carbocycles. The highest BCUT2D eigenvalue weighted by Crippen LogP contribution is 2.41. The molecule has 0 aliphatic rings. The van der Waals surface area contributed by atoms with Gasteiger partial charge < -0.3 is 14.2 Å². The van der Waals surface area contributed by atoms with Gasteiger partial charge in [-0.15, -0.1) is 0 Å². The highest BCUT2D eigenvalue weighted by molar-refractivity contribution is 5.97. The summed E-state index contributed by atoms with van der Waals surface area (Å²) in [6.07, 6.45) is 3.63. The first-order chi connectivity index (χ1) is 11.7. The molecule has 122 valence electrons. The molecule has 0 amide bonds. The first kappa shape index (κ1) is 15.9. The Hall–Kier alpha value is -3.01. The predicted octanol–water partition coefficient (Wildman–Crippen LogP) is 4.32. The Morgan fingerprint density at radius 1 is 0.958 bits per heavy atom. The first-order valence-electron chi connectivity index (χ1n) is 7.52. The third kappa shape index (κ3) is 2.67. The molecule has 0 bridgehead atoms. The average molecular weight is 321 g/mol. The fourth-order valence-corrected chi connectivity index (χ4v) is 2.80. The lowest BCUT2D eigenvalue weighted by molar-refractivity contribution is 0.324. The summed E-state index contributed by atoms with van der Waals surface area (Å²) in [6.45, 7) is 4.28. The zero-order chi connectivity index (χ0) is 17.1. The predicted molar refractivity (Wildman–Crippen MR) is 96.0 cm³/mol. The number of fused-ring (bicyclic) bond motifs is 1. The molecule has 0 aliphatic heterocycles. The van der Waals surface area contributed by atoms with Crippen LogP contribution in [0.1, 0.15) is 11.1 Å². The lowest BCUT2D eigenvalue weighted by atomic mass is 9.95. The minimum Gasteiger partial charge on any atom is -0.493 e. The third-order valence-corrected chi connectivity index (χ3v) is 4.02. The minimum atomic E-state index is 0.568. The van der Waals surface area contributed by atoms with Gasteiger partial charge in [0.15, 0.2) is 11.5 Å². The third-order valence-electron chi connectivity index (χ3n) is 4.02. The van der Waals surface area contributed by atoms with Gasteiger partial charge in [-0.25, -0.2) is 0 Å². The van der Waals surface area contributed by atoms with Crippen molar-refractivity contribution in [3.8, 4) is 17.2 Å². The van der Waals surface area contributed by atoms with Gasteiger partial charge >= 0.3 is 0 Å². The molecule has 0 unspecified atom stereocenters. The van der Waals surface area contributed by atoms with Crippen LogP contribution in [0.3, 0.4) is 0 Å². The molecule has 4 nitrogen and oxygen atoms in total. The summed E-state index contributed by atoms with van der Waals surface area (Å²) < 4.78 is 16.3. The van der Waals surface area contributed by atoms with Crippen molar-refractivity contribution < 1.29 is 14.2 Å². The number of rotatable bonds is 5. The van der Waals surface area contributed by atoms with E-state index >= 15 is 0 Å². The van der Waals surface area contributed by atoms with Crippen molar-refractivity contribution in [2.24, 2.45) is 0 Å². The molecule has 0 N–H and O–H groups in total. The van der Waals surface area contributed by atoms with Crippen LogP contribution >= 0.6 is 0 Å². The Labute approximate surface area is 141 Å². The maximum absolute atomic E-state index is 5.44. The molecule has 4 heteroatoms. The van der Waals surface area contributed by atoms with Gasteiger partial charge in [0, 0.05) is 17.8 Å². The van der Waals surface area contributed by atoms with Crippen molar-refractivity contribution in [1.82, 2.24) is 4.98 Å². The highest BCUT2D eigenvalue weighted by atomic mass is 16.5. The van der Waals surface area contributed by atoms with E-state index in [4.69, 9.17) is 14.2 Å². The highest BCUT2D eigenvalue weighted by Gasteiger charge is 2.16. The molecule has 3 aromatic rings. The number of hydrogen-bond acceptors (Lipinski definition) is 4. The van der Waals surface area contributed by atoms with Crippen molar-refractivity contribution in [1.29, 1.82) is 0 Å². The van der Waals surface area contributed by atoms with E-state index in [9.17, 15) is 0 Å². The molecule has 0 atom stereocenters. The summed E-state index contributed by atoms with van der Waals surface area (Å²) >= 11 is 0. The largest absolute Gasteiger partial charge is 0.493 e. The normalized spacial score (nSPS) is 10.5. The Kier molecular flexibility index (Phi) is 4.38. The van der Waals surface area contributed by atoms with E-state index in [2.05, 4.69) is 11.6 Å². The number of hydrogen-bond donors (Lipinski definition) is 0. The monoisotopic (exact) mass is 321 g/mol. The lowest BCUT2D eigenvalue weighted by Gasteiger charge is -2.16. The van der Waals surface area contributed by atoms with E-state index in [0.29, 0.717) is 17.2 Å². The second-order valence-corrected chi connectivity index (χ2v) is 5.29. The van der Waals surface area contributed by atoms with Gasteiger partial charge in [0.25, 0.3) is 0 Å². The molecule has 24 heavy (non-hydrogen) atoms. The minimum absolute atomic E-state index is 0.568. The number of ether oxygens (including phenoxy) is 3. The molecule has 1 heterocycles. The Balaban J connectivity index is 2.16. The van der Waals surface area contributed by atoms with E-state index in [1.807, 2.05) is 42.6 Å². The maximum atomic E-state index is 5.44. The molecule has 2 aromatic carbocycles. The number of benzene rings is 2. The van der Waals surface area contributed by atoms with Gasteiger partial charge in [0.05, 0.1) is 21.3 Å².